The van der Waals surface area contributed by atoms with Gasteiger partial charge in [0.1, 0.15) is 5.75 Å². The maximum absolute atomic E-state index is 11.2. The van der Waals surface area contributed by atoms with E-state index in [4.69, 9.17) is 24.0 Å². The second kappa shape index (κ2) is 13.5. The number of benzene rings is 3. The topological polar surface area (TPSA) is 63.2 Å². The van der Waals surface area contributed by atoms with E-state index in [1.807, 2.05) is 18.2 Å². The first-order chi connectivity index (χ1) is 21.1. The van der Waals surface area contributed by atoms with E-state index in [-0.39, 0.29) is 18.6 Å². The Morgan fingerprint density at radius 2 is 1.72 bits per heavy atom. The number of fused-ring (bicyclic) bond motifs is 7. The van der Waals surface area contributed by atoms with Crippen LogP contribution < -0.4 is 4.74 Å². The van der Waals surface area contributed by atoms with Crippen LogP contribution in [0.1, 0.15) is 78.3 Å². The first-order valence-electron chi connectivity index (χ1n) is 15.7. The summed E-state index contributed by atoms with van der Waals surface area (Å²) in [7, 11) is 0. The van der Waals surface area contributed by atoms with Crippen LogP contribution in [0.15, 0.2) is 79.4 Å². The molecule has 6 heteroatoms. The molecule has 0 spiro atoms. The molecule has 1 unspecified atom stereocenters. The maximum atomic E-state index is 11.2. The average molecular weight is 583 g/mol. The summed E-state index contributed by atoms with van der Waals surface area (Å²) >= 11 is 0. The molecule has 0 radical (unpaired) electrons. The van der Waals surface area contributed by atoms with Crippen LogP contribution in [0.5, 0.6) is 5.75 Å². The molecule has 0 bridgehead atoms. The van der Waals surface area contributed by atoms with E-state index in [1.165, 1.54) is 46.7 Å². The van der Waals surface area contributed by atoms with Crippen LogP contribution in [0, 0.1) is 0 Å². The quantitative estimate of drug-likeness (QED) is 0.0786. The summed E-state index contributed by atoms with van der Waals surface area (Å²) in [6.45, 7) is 6.52. The van der Waals surface area contributed by atoms with Gasteiger partial charge in [-0.1, -0.05) is 67.2 Å². The molecule has 226 valence electrons. The van der Waals surface area contributed by atoms with Crippen LogP contribution in [0.3, 0.4) is 0 Å². The number of carbonyl (C=O) groups is 1. The average Bonchev–Trinajstić information content (AvgIpc) is 3.24. The van der Waals surface area contributed by atoms with Gasteiger partial charge >= 0.3 is 5.97 Å². The molecule has 6 nitrogen and oxygen atoms in total. The molecule has 0 saturated heterocycles. The minimum Gasteiger partial charge on any atom is -0.464 e. The van der Waals surface area contributed by atoms with Gasteiger partial charge in [0.05, 0.1) is 31.3 Å². The number of hydrogen-bond donors (Lipinski definition) is 0. The first-order valence-corrected chi connectivity index (χ1v) is 15.7. The van der Waals surface area contributed by atoms with Crippen molar-refractivity contribution >= 4 is 5.97 Å². The largest absolute Gasteiger partial charge is 0.464 e. The van der Waals surface area contributed by atoms with Gasteiger partial charge in [0.15, 0.2) is 0 Å². The number of unbranched alkanes of at least 4 members (excludes halogenated alkanes) is 1. The molecular formula is C37H42O6. The van der Waals surface area contributed by atoms with E-state index in [0.29, 0.717) is 26.1 Å². The van der Waals surface area contributed by atoms with Crippen molar-refractivity contribution in [3.63, 3.8) is 0 Å². The molecule has 6 rings (SSSR count). The van der Waals surface area contributed by atoms with E-state index < -0.39 is 17.7 Å². The highest BCUT2D eigenvalue weighted by atomic mass is 17.2. The van der Waals surface area contributed by atoms with Gasteiger partial charge in [0, 0.05) is 17.6 Å². The Morgan fingerprint density at radius 1 is 0.930 bits per heavy atom. The van der Waals surface area contributed by atoms with E-state index >= 15 is 0 Å². The first kappa shape index (κ1) is 29.6. The minimum absolute atomic E-state index is 0.0168. The fourth-order valence-electron chi connectivity index (χ4n) is 6.90. The summed E-state index contributed by atoms with van der Waals surface area (Å²) in [6, 6.07) is 23.6. The molecule has 4 atom stereocenters. The Kier molecular flexibility index (Phi) is 9.27. The third-order valence-electron chi connectivity index (χ3n) is 9.27. The molecule has 3 aromatic carbocycles. The Morgan fingerprint density at radius 3 is 2.58 bits per heavy atom. The second-order valence-corrected chi connectivity index (χ2v) is 12.1. The van der Waals surface area contributed by atoms with Gasteiger partial charge in [-0.15, -0.1) is 0 Å². The zero-order valence-electron chi connectivity index (χ0n) is 25.1. The van der Waals surface area contributed by atoms with E-state index in [2.05, 4.69) is 62.0 Å². The van der Waals surface area contributed by atoms with Crippen molar-refractivity contribution in [3.8, 4) is 5.75 Å². The predicted molar refractivity (Wildman–Crippen MR) is 165 cm³/mol. The van der Waals surface area contributed by atoms with Crippen LogP contribution in [0.4, 0.5) is 0 Å². The van der Waals surface area contributed by atoms with Gasteiger partial charge in [-0.25, -0.2) is 14.6 Å². The lowest BCUT2D eigenvalue weighted by atomic mass is 9.73. The summed E-state index contributed by atoms with van der Waals surface area (Å²) < 4.78 is 19.1. The Labute approximate surface area is 254 Å². The smallest absolute Gasteiger partial charge is 0.330 e. The van der Waals surface area contributed by atoms with Crippen LogP contribution in [0.2, 0.25) is 0 Å². The lowest BCUT2D eigenvalue weighted by Gasteiger charge is -2.39. The molecule has 1 aliphatic heterocycles. The maximum Gasteiger partial charge on any atom is 0.330 e. The van der Waals surface area contributed by atoms with Crippen molar-refractivity contribution in [2.45, 2.75) is 82.0 Å². The van der Waals surface area contributed by atoms with Gasteiger partial charge in [-0.05, 0) is 92.2 Å². The molecule has 0 N–H and O–H groups in total. The molecule has 0 saturated carbocycles. The number of rotatable bonds is 11. The summed E-state index contributed by atoms with van der Waals surface area (Å²) in [4.78, 5) is 22.8. The molecule has 0 aromatic heterocycles. The fourth-order valence-corrected chi connectivity index (χ4v) is 6.90. The van der Waals surface area contributed by atoms with Crippen molar-refractivity contribution in [2.24, 2.45) is 0 Å². The molecule has 43 heavy (non-hydrogen) atoms. The van der Waals surface area contributed by atoms with Crippen molar-refractivity contribution in [3.05, 3.63) is 113 Å². The molecule has 2 aliphatic carbocycles. The Hall–Kier alpha value is -3.45. The lowest BCUT2D eigenvalue weighted by molar-refractivity contribution is -0.315. The second-order valence-electron chi connectivity index (χ2n) is 12.1. The predicted octanol–water partition coefficient (Wildman–Crippen LogP) is 7.16. The van der Waals surface area contributed by atoms with Crippen LogP contribution in [0.25, 0.3) is 0 Å². The van der Waals surface area contributed by atoms with Crippen molar-refractivity contribution in [2.75, 3.05) is 19.8 Å². The summed E-state index contributed by atoms with van der Waals surface area (Å²) in [5.41, 5.74) is 7.42. The highest BCUT2D eigenvalue weighted by Crippen LogP contribution is 2.50. The lowest BCUT2D eigenvalue weighted by Crippen LogP contribution is -2.48. The highest BCUT2D eigenvalue weighted by Gasteiger charge is 2.47. The summed E-state index contributed by atoms with van der Waals surface area (Å²) in [5, 5.41) is 0. The number of hydrogen-bond acceptors (Lipinski definition) is 6. The molecule has 0 amide bonds. The SMILES string of the molecule is C=CC(=O)OCCCCOOC[C@@](C)(c1ccccc1)C1Oc2ccc3c(c2[C@H]2c4ccccc4CC[C@H]2O1)CCCC3. The van der Waals surface area contributed by atoms with E-state index in [0.717, 1.165) is 37.0 Å². The summed E-state index contributed by atoms with van der Waals surface area (Å²) in [5.74, 6) is 0.641. The monoisotopic (exact) mass is 582 g/mol. The van der Waals surface area contributed by atoms with Gasteiger partial charge in [0.25, 0.3) is 0 Å². The summed E-state index contributed by atoms with van der Waals surface area (Å²) in [6.07, 6.45) is 8.51. The number of ether oxygens (including phenoxy) is 3. The highest BCUT2D eigenvalue weighted by molar-refractivity contribution is 5.81. The minimum atomic E-state index is -0.653. The third-order valence-corrected chi connectivity index (χ3v) is 9.27. The Bertz CT molecular complexity index is 1420. The van der Waals surface area contributed by atoms with Gasteiger partial charge in [0.2, 0.25) is 6.29 Å². The zero-order valence-corrected chi connectivity index (χ0v) is 25.1. The van der Waals surface area contributed by atoms with Crippen molar-refractivity contribution < 1.29 is 28.8 Å². The van der Waals surface area contributed by atoms with Crippen molar-refractivity contribution in [1.29, 1.82) is 0 Å². The Balaban J connectivity index is 1.28. The molecule has 3 aliphatic rings. The molecule has 1 heterocycles. The zero-order chi connectivity index (χ0) is 29.6. The normalized spacial score (nSPS) is 21.9. The molecular weight excluding hydrogens is 540 g/mol. The van der Waals surface area contributed by atoms with Gasteiger partial charge in [-0.3, -0.25) is 0 Å². The van der Waals surface area contributed by atoms with Crippen LogP contribution >= 0.6 is 0 Å². The fraction of sp³-hybridized carbons (Fsp3) is 0.432. The van der Waals surface area contributed by atoms with E-state index in [9.17, 15) is 4.79 Å². The van der Waals surface area contributed by atoms with Crippen LogP contribution in [-0.2, 0) is 48.7 Å². The number of carbonyl (C=O) groups excluding carboxylic acids is 1. The number of aryl methyl sites for hydroxylation is 2. The van der Waals surface area contributed by atoms with Gasteiger partial charge < -0.3 is 14.2 Å². The van der Waals surface area contributed by atoms with Crippen molar-refractivity contribution in [1.82, 2.24) is 0 Å². The van der Waals surface area contributed by atoms with E-state index in [1.54, 1.807) is 0 Å². The van der Waals surface area contributed by atoms with Gasteiger partial charge in [-0.2, -0.15) is 0 Å². The third kappa shape index (κ3) is 6.28. The molecule has 3 aromatic rings. The van der Waals surface area contributed by atoms with Crippen LogP contribution in [-0.4, -0.2) is 38.2 Å². The number of esters is 1. The standard InChI is InChI=1S/C37H42O6/c1-3-33(38)39-23-11-12-24-40-41-25-37(2,28-15-5-4-6-16-28)36-42-31-21-19-26-13-7-9-17-29(26)34(31)35-30-18-10-8-14-27(30)20-22-32(35)43-36/h3-7,9,13,15-17,20,22,31,34,36H,1,8,10-12,14,18-19,21,23-25H2,2H3/t31-,34+,36?,37+/m1/s1. The molecule has 0 fully saturated rings.